The first-order valence-corrected chi connectivity index (χ1v) is 6.01. The summed E-state index contributed by atoms with van der Waals surface area (Å²) in [6.07, 6.45) is 0. The Labute approximate surface area is 120 Å². The number of carbonyl (C=O) groups is 1. The second-order valence-electron chi connectivity index (χ2n) is 3.91. The van der Waals surface area contributed by atoms with Crippen LogP contribution in [0.1, 0.15) is 16.1 Å². The number of halogens is 1. The highest BCUT2D eigenvalue weighted by atomic mass is 19.1. The monoisotopic (exact) mass is 292 g/mol. The molecule has 0 aliphatic rings. The van der Waals surface area contributed by atoms with Gasteiger partial charge in [-0.05, 0) is 12.1 Å². The van der Waals surface area contributed by atoms with Crippen molar-refractivity contribution in [3.63, 3.8) is 0 Å². The summed E-state index contributed by atoms with van der Waals surface area (Å²) < 4.78 is 27.8. The minimum absolute atomic E-state index is 0.113. The zero-order chi connectivity index (χ0) is 15.2. The van der Waals surface area contributed by atoms with Crippen LogP contribution in [0.2, 0.25) is 0 Å². The standard InChI is InChI=1S/C14H13FN2O4/c1-19-12-7-9(8-15)16-14(17-12)21-11-6-4-3-5-10(11)13(18)20-2/h3-7H,8H2,1-2H3. The number of hydrogen-bond acceptors (Lipinski definition) is 6. The maximum Gasteiger partial charge on any atom is 0.341 e. The van der Waals surface area contributed by atoms with E-state index in [0.717, 1.165) is 0 Å². The molecule has 0 radical (unpaired) electrons. The molecule has 1 aromatic carbocycles. The average Bonchev–Trinajstić information content (AvgIpc) is 2.54. The molecule has 2 aromatic rings. The van der Waals surface area contributed by atoms with Gasteiger partial charge in [0.1, 0.15) is 18.0 Å². The van der Waals surface area contributed by atoms with Crippen molar-refractivity contribution in [2.45, 2.75) is 6.67 Å². The van der Waals surface area contributed by atoms with Crippen LogP contribution in [-0.4, -0.2) is 30.2 Å². The molecule has 0 unspecified atom stereocenters. The van der Waals surface area contributed by atoms with Crippen molar-refractivity contribution >= 4 is 5.97 Å². The molecule has 6 nitrogen and oxygen atoms in total. The lowest BCUT2D eigenvalue weighted by Gasteiger charge is -2.09. The highest BCUT2D eigenvalue weighted by molar-refractivity contribution is 5.92. The van der Waals surface area contributed by atoms with Gasteiger partial charge in [0.05, 0.1) is 19.9 Å². The van der Waals surface area contributed by atoms with Crippen molar-refractivity contribution in [3.05, 3.63) is 41.6 Å². The van der Waals surface area contributed by atoms with Gasteiger partial charge in [-0.25, -0.2) is 9.18 Å². The van der Waals surface area contributed by atoms with Crippen LogP contribution < -0.4 is 9.47 Å². The number of esters is 1. The highest BCUT2D eigenvalue weighted by Gasteiger charge is 2.15. The van der Waals surface area contributed by atoms with E-state index in [1.165, 1.54) is 26.4 Å². The molecule has 110 valence electrons. The van der Waals surface area contributed by atoms with Gasteiger partial charge >= 0.3 is 12.0 Å². The third-order valence-electron chi connectivity index (χ3n) is 2.57. The number of benzene rings is 1. The number of ether oxygens (including phenoxy) is 3. The molecule has 0 aliphatic carbocycles. The SMILES string of the molecule is COC(=O)c1ccccc1Oc1nc(CF)cc(OC)n1. The average molecular weight is 292 g/mol. The molecule has 0 bridgehead atoms. The fourth-order valence-corrected chi connectivity index (χ4v) is 1.60. The van der Waals surface area contributed by atoms with Gasteiger partial charge in [-0.15, -0.1) is 0 Å². The highest BCUT2D eigenvalue weighted by Crippen LogP contribution is 2.25. The van der Waals surface area contributed by atoms with Crippen LogP contribution in [0.4, 0.5) is 4.39 Å². The summed E-state index contributed by atoms with van der Waals surface area (Å²) >= 11 is 0. The number of para-hydroxylation sites is 1. The fourth-order valence-electron chi connectivity index (χ4n) is 1.60. The van der Waals surface area contributed by atoms with Gasteiger partial charge in [0, 0.05) is 6.07 Å². The molecule has 1 heterocycles. The zero-order valence-corrected chi connectivity index (χ0v) is 11.5. The van der Waals surface area contributed by atoms with Gasteiger partial charge in [0.25, 0.3) is 0 Å². The Balaban J connectivity index is 2.36. The van der Waals surface area contributed by atoms with Gasteiger partial charge in [0.15, 0.2) is 0 Å². The molecule has 0 saturated carbocycles. The number of aromatic nitrogens is 2. The van der Waals surface area contributed by atoms with Crippen LogP contribution in [-0.2, 0) is 11.4 Å². The van der Waals surface area contributed by atoms with Crippen LogP contribution in [0, 0.1) is 0 Å². The minimum atomic E-state index is -0.784. The molecule has 7 heteroatoms. The van der Waals surface area contributed by atoms with Crippen molar-refractivity contribution in [3.8, 4) is 17.6 Å². The number of rotatable bonds is 5. The summed E-state index contributed by atoms with van der Waals surface area (Å²) in [5, 5.41) is 0. The molecule has 0 amide bonds. The lowest BCUT2D eigenvalue weighted by Crippen LogP contribution is -2.05. The topological polar surface area (TPSA) is 70.5 Å². The predicted octanol–water partition coefficient (Wildman–Crippen LogP) is 2.53. The summed E-state index contributed by atoms with van der Waals surface area (Å²) in [7, 11) is 2.67. The summed E-state index contributed by atoms with van der Waals surface area (Å²) in [5.74, 6) is -0.176. The third kappa shape index (κ3) is 3.44. The Hall–Kier alpha value is -2.70. The lowest BCUT2D eigenvalue weighted by molar-refractivity contribution is 0.0597. The van der Waals surface area contributed by atoms with E-state index < -0.39 is 12.6 Å². The molecule has 2 rings (SSSR count). The molecule has 0 spiro atoms. The molecule has 0 N–H and O–H groups in total. The van der Waals surface area contributed by atoms with E-state index in [9.17, 15) is 9.18 Å². The van der Waals surface area contributed by atoms with Crippen LogP contribution in [0.5, 0.6) is 17.6 Å². The van der Waals surface area contributed by atoms with Gasteiger partial charge in [0.2, 0.25) is 5.88 Å². The number of alkyl halides is 1. The molecular weight excluding hydrogens is 279 g/mol. The van der Waals surface area contributed by atoms with Crippen LogP contribution >= 0.6 is 0 Å². The quantitative estimate of drug-likeness (QED) is 0.789. The molecular formula is C14H13FN2O4. The predicted molar refractivity (Wildman–Crippen MR) is 71.3 cm³/mol. The van der Waals surface area contributed by atoms with E-state index in [4.69, 9.17) is 9.47 Å². The van der Waals surface area contributed by atoms with E-state index in [2.05, 4.69) is 14.7 Å². The maximum absolute atomic E-state index is 12.7. The zero-order valence-electron chi connectivity index (χ0n) is 11.5. The molecule has 1 aromatic heterocycles. The van der Waals surface area contributed by atoms with E-state index in [0.29, 0.717) is 0 Å². The van der Waals surface area contributed by atoms with Gasteiger partial charge in [-0.1, -0.05) is 12.1 Å². The second kappa shape index (κ2) is 6.65. The van der Waals surface area contributed by atoms with E-state index in [1.807, 2.05) is 0 Å². The van der Waals surface area contributed by atoms with Crippen molar-refractivity contribution in [1.29, 1.82) is 0 Å². The van der Waals surface area contributed by atoms with Crippen LogP contribution in [0.3, 0.4) is 0 Å². The summed E-state index contributed by atoms with van der Waals surface area (Å²) in [4.78, 5) is 19.5. The molecule has 0 fully saturated rings. The van der Waals surface area contributed by atoms with Crippen LogP contribution in [0.25, 0.3) is 0 Å². The van der Waals surface area contributed by atoms with Gasteiger partial charge in [-0.3, -0.25) is 0 Å². The largest absolute Gasteiger partial charge is 0.481 e. The molecule has 0 atom stereocenters. The van der Waals surface area contributed by atoms with Gasteiger partial charge in [-0.2, -0.15) is 9.97 Å². The minimum Gasteiger partial charge on any atom is -0.481 e. The Morgan fingerprint density at radius 1 is 1.24 bits per heavy atom. The molecule has 0 aliphatic heterocycles. The first kappa shape index (κ1) is 14.7. The first-order chi connectivity index (χ1) is 10.2. The summed E-state index contributed by atoms with van der Waals surface area (Å²) in [6.45, 7) is -0.784. The van der Waals surface area contributed by atoms with Crippen molar-refractivity contribution in [2.24, 2.45) is 0 Å². The van der Waals surface area contributed by atoms with E-state index in [1.54, 1.807) is 18.2 Å². The Kier molecular flexibility index (Phi) is 4.65. The first-order valence-electron chi connectivity index (χ1n) is 6.01. The third-order valence-corrected chi connectivity index (χ3v) is 2.57. The van der Waals surface area contributed by atoms with E-state index in [-0.39, 0.29) is 28.9 Å². The maximum atomic E-state index is 12.7. The Morgan fingerprint density at radius 2 is 2.00 bits per heavy atom. The number of methoxy groups -OCH3 is 2. The Morgan fingerprint density at radius 3 is 2.67 bits per heavy atom. The van der Waals surface area contributed by atoms with Gasteiger partial charge < -0.3 is 14.2 Å². The van der Waals surface area contributed by atoms with Crippen molar-refractivity contribution in [2.75, 3.05) is 14.2 Å². The second-order valence-corrected chi connectivity index (χ2v) is 3.91. The summed E-state index contributed by atoms with van der Waals surface area (Å²) in [5.41, 5.74) is 0.334. The normalized spacial score (nSPS) is 10.0. The smallest absolute Gasteiger partial charge is 0.341 e. The number of carbonyl (C=O) groups excluding carboxylic acids is 1. The van der Waals surface area contributed by atoms with Crippen molar-refractivity contribution in [1.82, 2.24) is 9.97 Å². The summed E-state index contributed by atoms with van der Waals surface area (Å²) in [6, 6.07) is 7.69. The molecule has 21 heavy (non-hydrogen) atoms. The molecule has 0 saturated heterocycles. The fraction of sp³-hybridized carbons (Fsp3) is 0.214. The number of nitrogens with zero attached hydrogens (tertiary/aromatic N) is 2. The number of hydrogen-bond donors (Lipinski definition) is 0. The Bertz CT molecular complexity index is 626. The van der Waals surface area contributed by atoms with Crippen LogP contribution in [0.15, 0.2) is 30.3 Å². The van der Waals surface area contributed by atoms with Crippen molar-refractivity contribution < 1.29 is 23.4 Å². The van der Waals surface area contributed by atoms with E-state index >= 15 is 0 Å². The lowest BCUT2D eigenvalue weighted by atomic mass is 10.2.